The van der Waals surface area contributed by atoms with Gasteiger partial charge in [0.05, 0.1) is 0 Å². The molecule has 0 aliphatic heterocycles. The van der Waals surface area contributed by atoms with Crippen LogP contribution in [0.2, 0.25) is 0 Å². The van der Waals surface area contributed by atoms with E-state index in [-0.39, 0.29) is 226 Å². The fourth-order valence-corrected chi connectivity index (χ4v) is 0.733. The topological polar surface area (TPSA) is 151 Å². The summed E-state index contributed by atoms with van der Waals surface area (Å²) in [4.78, 5) is 41.7. The van der Waals surface area contributed by atoms with Crippen LogP contribution in [0.3, 0.4) is 0 Å². The molecule has 0 amide bonds. The minimum atomic E-state index is -5.13. The average molecular weight is 475 g/mol. The van der Waals surface area contributed by atoms with Gasteiger partial charge in [-0.05, 0) is 0 Å². The average Bonchev–Trinajstić information content (AvgIpc) is 1.49. The first-order valence-electron chi connectivity index (χ1n) is 2.14. The molecule has 0 aromatic heterocycles. The van der Waals surface area contributed by atoms with E-state index in [0.717, 1.165) is 0 Å². The zero-order chi connectivity index (χ0) is 9.99. The van der Waals surface area contributed by atoms with Crippen LogP contribution in [0, 0.1) is 0 Å². The van der Waals surface area contributed by atoms with Crippen molar-refractivity contribution >= 4 is 248 Å². The molecular formula is CH16Ca6O9P2. The van der Waals surface area contributed by atoms with Crippen LogP contribution in [0.15, 0.2) is 0 Å². The van der Waals surface area contributed by atoms with Gasteiger partial charge in [-0.25, -0.2) is 13.9 Å². The molecule has 18 heavy (non-hydrogen) atoms. The van der Waals surface area contributed by atoms with Gasteiger partial charge in [-0.1, -0.05) is 0 Å². The predicted molar refractivity (Wildman–Crippen MR) is 82.9 cm³/mol. The Labute approximate surface area is 282 Å². The van der Waals surface area contributed by atoms with Crippen LogP contribution in [0.5, 0.6) is 0 Å². The molecule has 0 heterocycles. The van der Waals surface area contributed by atoms with E-state index in [4.69, 9.17) is 19.6 Å². The van der Waals surface area contributed by atoms with E-state index >= 15 is 0 Å². The molecule has 0 bridgehead atoms. The van der Waals surface area contributed by atoms with Crippen LogP contribution < -0.4 is 0 Å². The van der Waals surface area contributed by atoms with Crippen molar-refractivity contribution in [1.82, 2.24) is 0 Å². The summed E-state index contributed by atoms with van der Waals surface area (Å²) in [5.41, 5.74) is 0. The standard InChI is InChI=1S/CH4O9P2.6Ca.12H/c2-1(9-11(3,4)5)10-12(6,7)8;;;;;;;;;;;;;;;;;;/h(H2,3,4,5)(H2,6,7,8);;;;;;;;;;;;;;;;;;. The molecule has 96 valence electrons. The van der Waals surface area contributed by atoms with Crippen molar-refractivity contribution in [3.8, 4) is 0 Å². The molecule has 17 heteroatoms. The number of carbonyl (C=O) groups excluding carboxylic acids is 1. The Balaban J connectivity index is -0.0000000403. The molecule has 0 fully saturated rings. The van der Waals surface area contributed by atoms with Gasteiger partial charge in [0.1, 0.15) is 0 Å². The van der Waals surface area contributed by atoms with E-state index in [9.17, 15) is 13.9 Å². The summed E-state index contributed by atoms with van der Waals surface area (Å²) in [5, 5.41) is 0. The Morgan fingerprint density at radius 3 is 0.944 bits per heavy atom. The molecule has 0 rings (SSSR count). The zero-order valence-corrected chi connectivity index (χ0v) is 7.01. The van der Waals surface area contributed by atoms with Crippen molar-refractivity contribution in [2.24, 2.45) is 0 Å². The van der Waals surface area contributed by atoms with Crippen LogP contribution >= 0.6 is 15.6 Å². The second kappa shape index (κ2) is 22.2. The van der Waals surface area contributed by atoms with Crippen molar-refractivity contribution < 1.29 is 42.5 Å². The molecule has 0 spiro atoms. The van der Waals surface area contributed by atoms with Gasteiger partial charge in [-0.2, -0.15) is 0 Å². The molecule has 0 saturated carbocycles. The van der Waals surface area contributed by atoms with Crippen LogP contribution in [-0.2, 0) is 18.2 Å². The first kappa shape index (κ1) is 44.5. The minimum absolute atomic E-state index is 0. The Kier molecular flexibility index (Phi) is 54.8. The second-order valence-corrected chi connectivity index (χ2v) is 3.74. The molecule has 0 aliphatic rings. The van der Waals surface area contributed by atoms with E-state index in [1.165, 1.54) is 0 Å². The SMILES string of the molecule is O=C(OP(=O)(O)O)OP(=O)(O)O.[CaH2].[CaH2].[CaH2].[CaH2].[CaH2].[CaH2]. The number of phosphoric ester groups is 2. The summed E-state index contributed by atoms with van der Waals surface area (Å²) in [6.45, 7) is 0. The van der Waals surface area contributed by atoms with E-state index in [1.54, 1.807) is 0 Å². The third kappa shape index (κ3) is 38.6. The number of hydrogen-bond donors (Lipinski definition) is 4. The quantitative estimate of drug-likeness (QED) is 0.226. The number of phosphoric acid groups is 2. The molecular weight excluding hydrogens is 458 g/mol. The van der Waals surface area contributed by atoms with E-state index in [0.29, 0.717) is 0 Å². The summed E-state index contributed by atoms with van der Waals surface area (Å²) < 4.78 is 25.9. The summed E-state index contributed by atoms with van der Waals surface area (Å²) in [6, 6.07) is 0. The summed E-state index contributed by atoms with van der Waals surface area (Å²) in [7, 11) is -10.3. The van der Waals surface area contributed by atoms with E-state index < -0.39 is 21.8 Å². The summed E-state index contributed by atoms with van der Waals surface area (Å²) in [5.74, 6) is 0. The summed E-state index contributed by atoms with van der Waals surface area (Å²) >= 11 is 0. The Morgan fingerprint density at radius 1 is 0.667 bits per heavy atom. The third-order valence-corrected chi connectivity index (χ3v) is 1.16. The van der Waals surface area contributed by atoms with E-state index in [1.807, 2.05) is 0 Å². The van der Waals surface area contributed by atoms with Crippen LogP contribution in [-0.4, -0.2) is 252 Å². The van der Waals surface area contributed by atoms with Crippen molar-refractivity contribution in [2.45, 2.75) is 0 Å². The van der Waals surface area contributed by atoms with Gasteiger partial charge >= 0.3 is 248 Å². The normalized spacial score (nSPS) is 8.22. The number of carbonyl (C=O) groups is 1. The van der Waals surface area contributed by atoms with E-state index in [2.05, 4.69) is 9.05 Å². The van der Waals surface area contributed by atoms with Crippen molar-refractivity contribution in [3.05, 3.63) is 0 Å². The number of rotatable bonds is 2. The van der Waals surface area contributed by atoms with Crippen molar-refractivity contribution in [1.29, 1.82) is 0 Å². The molecule has 0 aliphatic carbocycles. The maximum atomic E-state index is 10.0. The Morgan fingerprint density at radius 2 is 0.833 bits per heavy atom. The van der Waals surface area contributed by atoms with Crippen LogP contribution in [0.25, 0.3) is 0 Å². The molecule has 0 unspecified atom stereocenters. The first-order valence-corrected chi connectivity index (χ1v) is 5.20. The van der Waals surface area contributed by atoms with Gasteiger partial charge in [-0.15, -0.1) is 0 Å². The first-order chi connectivity index (χ1) is 5.10. The van der Waals surface area contributed by atoms with Gasteiger partial charge < -0.3 is 9.05 Å². The van der Waals surface area contributed by atoms with Crippen LogP contribution in [0.4, 0.5) is 4.79 Å². The van der Waals surface area contributed by atoms with Gasteiger partial charge in [0.2, 0.25) is 0 Å². The monoisotopic (exact) mass is 474 g/mol. The fraction of sp³-hybridized carbons (Fsp3) is 0. The van der Waals surface area contributed by atoms with Gasteiger partial charge in [0.15, 0.2) is 0 Å². The molecule has 0 atom stereocenters. The fourth-order valence-electron chi connectivity index (χ4n) is 0.211. The predicted octanol–water partition coefficient (Wildman–Crippen LogP) is -6.17. The van der Waals surface area contributed by atoms with Crippen LogP contribution in [0.1, 0.15) is 0 Å². The maximum absolute atomic E-state index is 10.0. The summed E-state index contributed by atoms with van der Waals surface area (Å²) in [6.07, 6.45) is -2.14. The zero-order valence-electron chi connectivity index (χ0n) is 5.22. The molecule has 0 aromatic carbocycles. The molecule has 4 N–H and O–H groups in total. The molecule has 9 nitrogen and oxygen atoms in total. The molecule has 0 radical (unpaired) electrons. The van der Waals surface area contributed by atoms with Gasteiger partial charge in [-0.3, -0.25) is 19.6 Å². The Hall–Kier alpha value is 7.13. The van der Waals surface area contributed by atoms with Crippen molar-refractivity contribution in [3.63, 3.8) is 0 Å². The van der Waals surface area contributed by atoms with Crippen molar-refractivity contribution in [2.75, 3.05) is 0 Å². The number of hydrogen-bond acceptors (Lipinski definition) is 5. The molecule has 0 saturated heterocycles. The van der Waals surface area contributed by atoms with Gasteiger partial charge in [0, 0.05) is 0 Å². The third-order valence-electron chi connectivity index (χ3n) is 0.387. The second-order valence-electron chi connectivity index (χ2n) is 1.41. The van der Waals surface area contributed by atoms with Gasteiger partial charge in [0.25, 0.3) is 0 Å². The Bertz CT molecular complexity index is 244. The molecule has 0 aromatic rings.